The highest BCUT2D eigenvalue weighted by Crippen LogP contribution is 2.26. The van der Waals surface area contributed by atoms with Crippen LogP contribution in [0.5, 0.6) is 0 Å². The third-order valence-electron chi connectivity index (χ3n) is 5.50. The predicted octanol–water partition coefficient (Wildman–Crippen LogP) is 2.00. The van der Waals surface area contributed by atoms with E-state index in [0.29, 0.717) is 13.1 Å². The number of hydrogen-bond acceptors (Lipinski definition) is 8. The van der Waals surface area contributed by atoms with Gasteiger partial charge in [-0.15, -0.1) is 0 Å². The van der Waals surface area contributed by atoms with Gasteiger partial charge in [-0.25, -0.2) is 0 Å². The van der Waals surface area contributed by atoms with Crippen LogP contribution < -0.4 is 10.6 Å². The van der Waals surface area contributed by atoms with E-state index in [9.17, 15) is 19.2 Å². The molecule has 36 heavy (non-hydrogen) atoms. The van der Waals surface area contributed by atoms with Gasteiger partial charge in [0.15, 0.2) is 6.10 Å². The molecule has 13 heteroatoms. The van der Waals surface area contributed by atoms with Crippen molar-refractivity contribution in [1.82, 2.24) is 15.5 Å². The van der Waals surface area contributed by atoms with Gasteiger partial charge < -0.3 is 29.7 Å². The Morgan fingerprint density at radius 3 is 2.33 bits per heavy atom. The van der Waals surface area contributed by atoms with Crippen molar-refractivity contribution in [2.24, 2.45) is 11.8 Å². The van der Waals surface area contributed by atoms with Crippen molar-refractivity contribution in [2.45, 2.75) is 62.7 Å². The van der Waals surface area contributed by atoms with Crippen molar-refractivity contribution in [2.75, 3.05) is 33.4 Å². The number of rotatable bonds is 11. The summed E-state index contributed by atoms with van der Waals surface area (Å²) in [5.74, 6) is -3.24. The number of carbonyl (C=O) groups is 4. The van der Waals surface area contributed by atoms with E-state index in [4.69, 9.17) is 49.0 Å². The molecule has 206 valence electrons. The Morgan fingerprint density at radius 2 is 1.81 bits per heavy atom. The monoisotopic (exact) mass is 571 g/mol. The number of ether oxygens (including phenoxy) is 3. The van der Waals surface area contributed by atoms with Crippen molar-refractivity contribution >= 4 is 58.6 Å². The van der Waals surface area contributed by atoms with Gasteiger partial charge in [0.2, 0.25) is 9.70 Å². The van der Waals surface area contributed by atoms with Gasteiger partial charge in [-0.1, -0.05) is 60.8 Å². The second kappa shape index (κ2) is 15.0. The molecule has 5 atom stereocenters. The Morgan fingerprint density at radius 1 is 1.17 bits per heavy atom. The van der Waals surface area contributed by atoms with Crippen molar-refractivity contribution in [1.29, 1.82) is 0 Å². The van der Waals surface area contributed by atoms with Crippen LogP contribution in [-0.4, -0.2) is 90.1 Å². The maximum Gasteiger partial charge on any atom is 0.325 e. The van der Waals surface area contributed by atoms with Crippen molar-refractivity contribution in [3.8, 4) is 0 Å². The van der Waals surface area contributed by atoms with Crippen LogP contribution in [0.25, 0.3) is 0 Å². The van der Waals surface area contributed by atoms with Gasteiger partial charge in [0.1, 0.15) is 18.7 Å². The summed E-state index contributed by atoms with van der Waals surface area (Å²) in [4.78, 5) is 52.3. The molecule has 0 aliphatic carbocycles. The number of nitrogens with zero attached hydrogens (tertiary/aromatic N) is 1. The number of amides is 2. The van der Waals surface area contributed by atoms with Gasteiger partial charge in [-0.3, -0.25) is 19.2 Å². The van der Waals surface area contributed by atoms with Crippen LogP contribution in [-0.2, 0) is 33.4 Å². The normalized spacial score (nSPS) is 19.9. The SMILES string of the molecule is C/C=C/[C@@H](OC)[C@@H](C)C(=O)O[C@H](C(=O)N[C@@H](C)C(=O)N1CCN[C@H](C(=O)OCC(Cl)(Cl)Cl)C1)C(C)C. The summed E-state index contributed by atoms with van der Waals surface area (Å²) in [6.07, 6.45) is 1.89. The van der Waals surface area contributed by atoms with Crippen molar-refractivity contribution in [3.05, 3.63) is 12.2 Å². The highest BCUT2D eigenvalue weighted by molar-refractivity contribution is 6.67. The molecule has 0 aromatic heterocycles. The molecule has 0 saturated carbocycles. The van der Waals surface area contributed by atoms with Gasteiger partial charge in [-0.05, 0) is 26.7 Å². The van der Waals surface area contributed by atoms with Crippen LogP contribution in [0.4, 0.5) is 0 Å². The fraction of sp³-hybridized carbons (Fsp3) is 0.739. The van der Waals surface area contributed by atoms with Crippen LogP contribution in [0, 0.1) is 11.8 Å². The smallest absolute Gasteiger partial charge is 0.325 e. The van der Waals surface area contributed by atoms with E-state index in [1.807, 2.05) is 0 Å². The first-order chi connectivity index (χ1) is 16.7. The second-order valence-electron chi connectivity index (χ2n) is 8.86. The van der Waals surface area contributed by atoms with E-state index in [-0.39, 0.29) is 12.5 Å². The molecule has 2 amide bonds. The largest absolute Gasteiger partial charge is 0.460 e. The summed E-state index contributed by atoms with van der Waals surface area (Å²) >= 11 is 16.8. The van der Waals surface area contributed by atoms with E-state index in [1.54, 1.807) is 39.8 Å². The molecule has 0 bridgehead atoms. The van der Waals surface area contributed by atoms with Gasteiger partial charge >= 0.3 is 11.9 Å². The predicted molar refractivity (Wildman–Crippen MR) is 137 cm³/mol. The highest BCUT2D eigenvalue weighted by atomic mass is 35.6. The summed E-state index contributed by atoms with van der Waals surface area (Å²) in [5.41, 5.74) is 0. The molecule has 1 aliphatic heterocycles. The first-order valence-electron chi connectivity index (χ1n) is 11.6. The summed E-state index contributed by atoms with van der Waals surface area (Å²) in [6.45, 7) is 8.68. The van der Waals surface area contributed by atoms with Gasteiger partial charge in [0, 0.05) is 26.7 Å². The number of allylic oxidation sites excluding steroid dienone is 1. The zero-order chi connectivity index (χ0) is 27.6. The number of halogens is 3. The summed E-state index contributed by atoms with van der Waals surface area (Å²) in [6, 6.07) is -1.74. The molecular formula is C23H36Cl3N3O7. The number of hydrogen-bond donors (Lipinski definition) is 2. The molecule has 0 spiro atoms. The Balaban J connectivity index is 2.76. The molecule has 2 N–H and O–H groups in total. The molecular weight excluding hydrogens is 537 g/mol. The average Bonchev–Trinajstić information content (AvgIpc) is 2.82. The highest BCUT2D eigenvalue weighted by Gasteiger charge is 2.35. The van der Waals surface area contributed by atoms with E-state index in [1.165, 1.54) is 18.9 Å². The Labute approximate surface area is 227 Å². The summed E-state index contributed by atoms with van der Waals surface area (Å²) in [5, 5.41) is 5.57. The lowest BCUT2D eigenvalue weighted by atomic mass is 10.0. The molecule has 1 aliphatic rings. The maximum absolute atomic E-state index is 13.0. The average molecular weight is 573 g/mol. The third kappa shape index (κ3) is 10.4. The maximum atomic E-state index is 13.0. The minimum atomic E-state index is -1.75. The molecule has 10 nitrogen and oxygen atoms in total. The zero-order valence-electron chi connectivity index (χ0n) is 21.4. The van der Waals surface area contributed by atoms with Crippen molar-refractivity contribution < 1.29 is 33.4 Å². The second-order valence-corrected chi connectivity index (χ2v) is 11.4. The fourth-order valence-corrected chi connectivity index (χ4v) is 3.65. The first-order valence-corrected chi connectivity index (χ1v) is 12.8. The molecule has 1 rings (SSSR count). The van der Waals surface area contributed by atoms with Gasteiger partial charge in [0.25, 0.3) is 5.91 Å². The lowest BCUT2D eigenvalue weighted by molar-refractivity contribution is -0.165. The van der Waals surface area contributed by atoms with Crippen LogP contribution >= 0.6 is 34.8 Å². The number of alkyl halides is 3. The number of piperazine rings is 1. The number of methoxy groups -OCH3 is 1. The molecule has 0 aromatic carbocycles. The standard InChI is InChI=1S/C23H36Cl3N3O7/c1-7-8-17(34-6)14(4)21(32)36-18(13(2)3)19(30)28-15(5)20(31)29-10-9-27-16(11-29)22(33)35-12-23(24,25)26/h7-8,13-18,27H,9-12H2,1-6H3,(H,28,30)/b8-7+/t14-,15+,16+,17-,18+/m1/s1. The van der Waals surface area contributed by atoms with Gasteiger partial charge in [0.05, 0.1) is 12.0 Å². The number of carbonyl (C=O) groups excluding carboxylic acids is 4. The Bertz CT molecular complexity index is 804. The topological polar surface area (TPSA) is 123 Å². The number of nitrogens with one attached hydrogen (secondary N) is 2. The molecule has 0 radical (unpaired) electrons. The van der Waals surface area contributed by atoms with E-state index in [2.05, 4.69) is 10.6 Å². The van der Waals surface area contributed by atoms with Crippen LogP contribution in [0.15, 0.2) is 12.2 Å². The molecule has 0 unspecified atom stereocenters. The first kappa shape index (κ1) is 32.4. The quantitative estimate of drug-likeness (QED) is 0.219. The molecule has 0 aromatic rings. The molecule has 1 saturated heterocycles. The van der Waals surface area contributed by atoms with Crippen LogP contribution in [0.1, 0.15) is 34.6 Å². The van der Waals surface area contributed by atoms with E-state index >= 15 is 0 Å². The summed E-state index contributed by atoms with van der Waals surface area (Å²) in [7, 11) is 1.48. The zero-order valence-corrected chi connectivity index (χ0v) is 23.7. The minimum absolute atomic E-state index is 0.0151. The summed E-state index contributed by atoms with van der Waals surface area (Å²) < 4.78 is 14.0. The lowest BCUT2D eigenvalue weighted by Gasteiger charge is -2.34. The number of esters is 2. The minimum Gasteiger partial charge on any atom is -0.460 e. The van der Waals surface area contributed by atoms with Gasteiger partial charge in [-0.2, -0.15) is 0 Å². The third-order valence-corrected chi connectivity index (χ3v) is 5.83. The van der Waals surface area contributed by atoms with E-state index in [0.717, 1.165) is 0 Å². The van der Waals surface area contributed by atoms with Crippen LogP contribution in [0.3, 0.4) is 0 Å². The molecule has 1 heterocycles. The lowest BCUT2D eigenvalue weighted by Crippen LogP contribution is -2.60. The van der Waals surface area contributed by atoms with Crippen molar-refractivity contribution in [3.63, 3.8) is 0 Å². The Hall–Kier alpha value is -1.59. The fourth-order valence-electron chi connectivity index (χ4n) is 3.49. The molecule has 1 fully saturated rings. The van der Waals surface area contributed by atoms with E-state index < -0.39 is 64.4 Å². The van der Waals surface area contributed by atoms with Crippen LogP contribution in [0.2, 0.25) is 0 Å². The Kier molecular flexibility index (Phi) is 13.5.